The molecule has 52 heavy (non-hydrogen) atoms. The summed E-state index contributed by atoms with van der Waals surface area (Å²) < 4.78 is 6.76. The van der Waals surface area contributed by atoms with Gasteiger partial charge in [-0.15, -0.1) is 0 Å². The Kier molecular flexibility index (Phi) is 7.10. The SMILES string of the molecule is c1ccc(-c2ccc(N(c3ccccc3)c3cccc(-c4nc(-c5cccc6c5oc5c7ccccc7ccc65)c5ccccc5n4)c3)cc2)cc1. The molecule has 4 nitrogen and oxygen atoms in total. The zero-order valence-corrected chi connectivity index (χ0v) is 28.1. The van der Waals surface area contributed by atoms with Crippen LogP contribution in [0.2, 0.25) is 0 Å². The molecule has 0 spiro atoms. The van der Waals surface area contributed by atoms with Crippen LogP contribution < -0.4 is 4.90 Å². The molecule has 0 atom stereocenters. The van der Waals surface area contributed by atoms with Crippen LogP contribution in [0.3, 0.4) is 0 Å². The largest absolute Gasteiger partial charge is 0.455 e. The molecule has 0 N–H and O–H groups in total. The second-order valence-corrected chi connectivity index (χ2v) is 13.0. The van der Waals surface area contributed by atoms with Crippen molar-refractivity contribution in [1.29, 1.82) is 0 Å². The van der Waals surface area contributed by atoms with Gasteiger partial charge in [-0.05, 0) is 71.1 Å². The maximum Gasteiger partial charge on any atom is 0.160 e. The summed E-state index contributed by atoms with van der Waals surface area (Å²) in [5.41, 5.74) is 10.8. The van der Waals surface area contributed by atoms with Gasteiger partial charge in [-0.2, -0.15) is 0 Å². The van der Waals surface area contributed by atoms with Crippen molar-refractivity contribution < 1.29 is 4.42 Å². The molecule has 0 aliphatic heterocycles. The molecule has 0 aliphatic carbocycles. The molecule has 0 radical (unpaired) electrons. The fourth-order valence-corrected chi connectivity index (χ4v) is 7.37. The van der Waals surface area contributed by atoms with Crippen LogP contribution in [0.1, 0.15) is 0 Å². The monoisotopic (exact) mass is 665 g/mol. The minimum absolute atomic E-state index is 0.654. The fraction of sp³-hybridized carbons (Fsp3) is 0. The molecule has 10 aromatic rings. The van der Waals surface area contributed by atoms with Crippen LogP contribution in [0.25, 0.3) is 77.4 Å². The van der Waals surface area contributed by atoms with Gasteiger partial charge >= 0.3 is 0 Å². The first kappa shape index (κ1) is 29.8. The van der Waals surface area contributed by atoms with Gasteiger partial charge in [0.1, 0.15) is 11.2 Å². The first-order valence-electron chi connectivity index (χ1n) is 17.5. The van der Waals surface area contributed by atoms with E-state index >= 15 is 0 Å². The van der Waals surface area contributed by atoms with E-state index in [1.807, 2.05) is 24.3 Å². The number of rotatable bonds is 6. The van der Waals surface area contributed by atoms with E-state index in [2.05, 4.69) is 169 Å². The molecule has 244 valence electrons. The third-order valence-corrected chi connectivity index (χ3v) is 9.86. The van der Waals surface area contributed by atoms with Crippen molar-refractivity contribution in [3.63, 3.8) is 0 Å². The highest BCUT2D eigenvalue weighted by molar-refractivity contribution is 6.18. The van der Waals surface area contributed by atoms with E-state index in [0.29, 0.717) is 5.82 Å². The average molecular weight is 666 g/mol. The van der Waals surface area contributed by atoms with Crippen LogP contribution in [0.15, 0.2) is 192 Å². The Balaban J connectivity index is 1.12. The minimum Gasteiger partial charge on any atom is -0.455 e. The highest BCUT2D eigenvalue weighted by Crippen LogP contribution is 2.41. The van der Waals surface area contributed by atoms with Gasteiger partial charge in [0.25, 0.3) is 0 Å². The molecule has 0 aliphatic rings. The van der Waals surface area contributed by atoms with Crippen molar-refractivity contribution in [2.24, 2.45) is 0 Å². The summed E-state index contributed by atoms with van der Waals surface area (Å²) in [6.45, 7) is 0. The van der Waals surface area contributed by atoms with Crippen molar-refractivity contribution in [2.75, 3.05) is 4.90 Å². The molecule has 4 heteroatoms. The van der Waals surface area contributed by atoms with Crippen molar-refractivity contribution in [2.45, 2.75) is 0 Å². The van der Waals surface area contributed by atoms with E-state index in [1.165, 1.54) is 11.1 Å². The molecule has 0 saturated carbocycles. The van der Waals surface area contributed by atoms with Gasteiger partial charge in [0, 0.05) is 49.7 Å². The molecule has 0 saturated heterocycles. The Bertz CT molecular complexity index is 2900. The maximum atomic E-state index is 6.76. The summed E-state index contributed by atoms with van der Waals surface area (Å²) in [5, 5.41) is 5.40. The van der Waals surface area contributed by atoms with Crippen molar-refractivity contribution in [1.82, 2.24) is 9.97 Å². The normalized spacial score (nSPS) is 11.5. The highest BCUT2D eigenvalue weighted by Gasteiger charge is 2.20. The second-order valence-electron chi connectivity index (χ2n) is 13.0. The predicted molar refractivity (Wildman–Crippen MR) is 215 cm³/mol. The summed E-state index contributed by atoms with van der Waals surface area (Å²) in [7, 11) is 0. The summed E-state index contributed by atoms with van der Waals surface area (Å²) >= 11 is 0. The van der Waals surface area contributed by atoms with Crippen LogP contribution >= 0.6 is 0 Å². The molecular formula is C48H31N3O. The van der Waals surface area contributed by atoms with Crippen LogP contribution in [-0.2, 0) is 0 Å². The number of benzene rings is 8. The lowest BCUT2D eigenvalue weighted by Crippen LogP contribution is -2.10. The zero-order chi connectivity index (χ0) is 34.4. The number of anilines is 3. The van der Waals surface area contributed by atoms with Gasteiger partial charge in [0.2, 0.25) is 0 Å². The Morgan fingerprint density at radius 2 is 1.00 bits per heavy atom. The number of aromatic nitrogens is 2. The predicted octanol–water partition coefficient (Wildman–Crippen LogP) is 13.2. The number of nitrogens with zero attached hydrogens (tertiary/aromatic N) is 3. The van der Waals surface area contributed by atoms with Gasteiger partial charge in [-0.3, -0.25) is 0 Å². The summed E-state index contributed by atoms with van der Waals surface area (Å²) in [6.07, 6.45) is 0. The first-order valence-corrected chi connectivity index (χ1v) is 17.5. The first-order chi connectivity index (χ1) is 25.8. The van der Waals surface area contributed by atoms with E-state index in [0.717, 1.165) is 77.5 Å². The van der Waals surface area contributed by atoms with E-state index < -0.39 is 0 Å². The highest BCUT2D eigenvalue weighted by atomic mass is 16.3. The van der Waals surface area contributed by atoms with E-state index in [9.17, 15) is 0 Å². The molecule has 0 fully saturated rings. The van der Waals surface area contributed by atoms with Gasteiger partial charge in [-0.25, -0.2) is 9.97 Å². The molecule has 10 rings (SSSR count). The minimum atomic E-state index is 0.654. The fourth-order valence-electron chi connectivity index (χ4n) is 7.37. The quantitative estimate of drug-likeness (QED) is 0.177. The van der Waals surface area contributed by atoms with E-state index in [1.54, 1.807) is 0 Å². The summed E-state index contributed by atoms with van der Waals surface area (Å²) in [6, 6.07) is 65.5. The van der Waals surface area contributed by atoms with Crippen LogP contribution in [0.5, 0.6) is 0 Å². The smallest absolute Gasteiger partial charge is 0.160 e. The zero-order valence-electron chi connectivity index (χ0n) is 28.1. The van der Waals surface area contributed by atoms with Gasteiger partial charge in [0.05, 0.1) is 11.2 Å². The van der Waals surface area contributed by atoms with Crippen LogP contribution in [0.4, 0.5) is 17.1 Å². The lowest BCUT2D eigenvalue weighted by atomic mass is 10.0. The molecule has 0 amide bonds. The molecule has 0 bridgehead atoms. The van der Waals surface area contributed by atoms with Crippen LogP contribution in [-0.4, -0.2) is 9.97 Å². The molecule has 2 heterocycles. The molecule has 8 aromatic carbocycles. The third kappa shape index (κ3) is 5.09. The lowest BCUT2D eigenvalue weighted by molar-refractivity contribution is 0.673. The second kappa shape index (κ2) is 12.4. The third-order valence-electron chi connectivity index (χ3n) is 9.86. The Hall–Kier alpha value is -7.04. The topological polar surface area (TPSA) is 42.2 Å². The lowest BCUT2D eigenvalue weighted by Gasteiger charge is -2.26. The van der Waals surface area contributed by atoms with Crippen molar-refractivity contribution in [3.05, 3.63) is 188 Å². The Labute approximate surface area is 300 Å². The Morgan fingerprint density at radius 3 is 1.85 bits per heavy atom. The number of hydrogen-bond acceptors (Lipinski definition) is 4. The standard InChI is InChI=1S/C48H31N3O/c1-3-13-32(14-4-1)33-25-28-37(29-26-33)51(36-17-5-2-6-18-36)38-19-11-16-35(31-38)48-49-44-24-10-9-21-42(44)45(50-48)43-23-12-22-40-41-30-27-34-15-7-8-20-39(34)46(41)52-47(40)43/h1-31H. The molecule has 2 aromatic heterocycles. The van der Waals surface area contributed by atoms with E-state index in [-0.39, 0.29) is 0 Å². The Morgan fingerprint density at radius 1 is 0.385 bits per heavy atom. The van der Waals surface area contributed by atoms with E-state index in [4.69, 9.17) is 14.4 Å². The molecule has 0 unspecified atom stereocenters. The maximum absolute atomic E-state index is 6.76. The molecular weight excluding hydrogens is 635 g/mol. The van der Waals surface area contributed by atoms with Crippen molar-refractivity contribution in [3.8, 4) is 33.8 Å². The van der Waals surface area contributed by atoms with Gasteiger partial charge in [0.15, 0.2) is 5.82 Å². The number of furan rings is 1. The van der Waals surface area contributed by atoms with Gasteiger partial charge in [-0.1, -0.05) is 133 Å². The number of hydrogen-bond donors (Lipinski definition) is 0. The number of para-hydroxylation sites is 3. The average Bonchev–Trinajstić information content (AvgIpc) is 3.61. The van der Waals surface area contributed by atoms with Gasteiger partial charge < -0.3 is 9.32 Å². The number of fused-ring (bicyclic) bond motifs is 6. The summed E-state index contributed by atoms with van der Waals surface area (Å²) in [5.74, 6) is 0.654. The van der Waals surface area contributed by atoms with Crippen LogP contribution in [0, 0.1) is 0 Å². The van der Waals surface area contributed by atoms with Crippen molar-refractivity contribution >= 4 is 60.7 Å². The summed E-state index contributed by atoms with van der Waals surface area (Å²) in [4.78, 5) is 12.7.